The van der Waals surface area contributed by atoms with Crippen LogP contribution in [0.4, 0.5) is 0 Å². The van der Waals surface area contributed by atoms with E-state index in [0.717, 1.165) is 6.04 Å². The Morgan fingerprint density at radius 1 is 1.17 bits per heavy atom. The molecule has 2 unspecified atom stereocenters. The summed E-state index contributed by atoms with van der Waals surface area (Å²) in [6, 6.07) is 1.38. The zero-order chi connectivity index (χ0) is 13.6. The highest BCUT2D eigenvalue weighted by molar-refractivity contribution is 4.88. The van der Waals surface area contributed by atoms with Crippen LogP contribution in [-0.4, -0.2) is 36.6 Å². The van der Waals surface area contributed by atoms with Gasteiger partial charge in [0.2, 0.25) is 0 Å². The van der Waals surface area contributed by atoms with Crippen molar-refractivity contribution < 1.29 is 0 Å². The van der Waals surface area contributed by atoms with Crippen LogP contribution in [0.2, 0.25) is 0 Å². The number of hydrogen-bond donors (Lipinski definition) is 1. The maximum absolute atomic E-state index is 3.74. The normalized spacial score (nSPS) is 27.2. The molecule has 1 rings (SSSR count). The molecule has 0 aromatic rings. The average Bonchev–Trinajstić information content (AvgIpc) is 2.47. The van der Waals surface area contributed by atoms with Crippen LogP contribution in [0.1, 0.15) is 66.7 Å². The molecule has 0 bridgehead atoms. The molecule has 2 atom stereocenters. The van der Waals surface area contributed by atoms with Gasteiger partial charge in [-0.2, -0.15) is 0 Å². The van der Waals surface area contributed by atoms with Crippen LogP contribution in [0.15, 0.2) is 0 Å². The van der Waals surface area contributed by atoms with Crippen LogP contribution in [0.25, 0.3) is 0 Å². The summed E-state index contributed by atoms with van der Waals surface area (Å²) < 4.78 is 0. The maximum Gasteiger partial charge on any atom is 0.0243 e. The van der Waals surface area contributed by atoms with Crippen LogP contribution in [-0.2, 0) is 0 Å². The van der Waals surface area contributed by atoms with E-state index in [4.69, 9.17) is 0 Å². The van der Waals surface area contributed by atoms with E-state index in [9.17, 15) is 0 Å². The van der Waals surface area contributed by atoms with Gasteiger partial charge in [-0.15, -0.1) is 0 Å². The monoisotopic (exact) mass is 254 g/mol. The third-order valence-corrected chi connectivity index (χ3v) is 4.34. The van der Waals surface area contributed by atoms with Crippen molar-refractivity contribution >= 4 is 0 Å². The summed E-state index contributed by atoms with van der Waals surface area (Å²) in [5.74, 6) is 0. The highest BCUT2D eigenvalue weighted by atomic mass is 15.2. The van der Waals surface area contributed by atoms with Gasteiger partial charge in [0.1, 0.15) is 0 Å². The van der Waals surface area contributed by atoms with E-state index in [1.165, 1.54) is 51.7 Å². The predicted molar refractivity (Wildman–Crippen MR) is 81.0 cm³/mol. The Balaban J connectivity index is 2.46. The Kier molecular flexibility index (Phi) is 6.65. The van der Waals surface area contributed by atoms with E-state index in [2.05, 4.69) is 44.8 Å². The molecule has 108 valence electrons. The van der Waals surface area contributed by atoms with Crippen molar-refractivity contribution in [2.45, 2.75) is 78.8 Å². The molecule has 0 aromatic heterocycles. The van der Waals surface area contributed by atoms with Crippen LogP contribution >= 0.6 is 0 Å². The van der Waals surface area contributed by atoms with E-state index in [1.54, 1.807) is 0 Å². The van der Waals surface area contributed by atoms with E-state index >= 15 is 0 Å². The van der Waals surface area contributed by atoms with Crippen molar-refractivity contribution in [2.24, 2.45) is 5.41 Å². The van der Waals surface area contributed by atoms with Gasteiger partial charge in [0, 0.05) is 18.6 Å². The molecule has 1 fully saturated rings. The largest absolute Gasteiger partial charge is 0.312 e. The van der Waals surface area contributed by atoms with Gasteiger partial charge in [0.15, 0.2) is 0 Å². The molecular formula is C16H34N2. The van der Waals surface area contributed by atoms with Crippen molar-refractivity contribution in [1.29, 1.82) is 0 Å². The Morgan fingerprint density at radius 2 is 1.89 bits per heavy atom. The predicted octanol–water partition coefficient (Wildman–Crippen LogP) is 3.67. The van der Waals surface area contributed by atoms with E-state index < -0.39 is 0 Å². The maximum atomic E-state index is 3.74. The smallest absolute Gasteiger partial charge is 0.0243 e. The Bertz CT molecular complexity index is 220. The third-order valence-electron chi connectivity index (χ3n) is 4.34. The van der Waals surface area contributed by atoms with Crippen molar-refractivity contribution in [1.82, 2.24) is 10.2 Å². The molecule has 0 aliphatic carbocycles. The number of unbranched alkanes of at least 4 members (excludes halogenated alkanes) is 3. The van der Waals surface area contributed by atoms with Crippen molar-refractivity contribution in [3.63, 3.8) is 0 Å². The van der Waals surface area contributed by atoms with Gasteiger partial charge >= 0.3 is 0 Å². The molecule has 18 heavy (non-hydrogen) atoms. The molecule has 0 saturated carbocycles. The third kappa shape index (κ3) is 5.27. The van der Waals surface area contributed by atoms with Crippen molar-refractivity contribution in [2.75, 3.05) is 19.6 Å². The molecule has 1 heterocycles. The molecule has 2 heteroatoms. The van der Waals surface area contributed by atoms with Crippen LogP contribution in [0.5, 0.6) is 0 Å². The molecule has 1 N–H and O–H groups in total. The summed E-state index contributed by atoms with van der Waals surface area (Å²) in [6.45, 7) is 15.4. The molecule has 0 spiro atoms. The summed E-state index contributed by atoms with van der Waals surface area (Å²) in [4.78, 5) is 2.71. The van der Waals surface area contributed by atoms with Crippen LogP contribution in [0.3, 0.4) is 0 Å². The second-order valence-electron chi connectivity index (χ2n) is 7.07. The first kappa shape index (κ1) is 16.0. The summed E-state index contributed by atoms with van der Waals surface area (Å²) in [7, 11) is 0. The molecule has 0 radical (unpaired) electrons. The molecule has 0 amide bonds. The first-order valence-electron chi connectivity index (χ1n) is 7.92. The number of nitrogens with one attached hydrogen (secondary N) is 1. The van der Waals surface area contributed by atoms with Crippen molar-refractivity contribution in [3.8, 4) is 0 Å². The molecule has 1 aliphatic heterocycles. The minimum atomic E-state index is 0.367. The summed E-state index contributed by atoms with van der Waals surface area (Å²) in [5.41, 5.74) is 0.367. The zero-order valence-electron chi connectivity index (χ0n) is 13.3. The Hall–Kier alpha value is -0.0800. The van der Waals surface area contributed by atoms with Gasteiger partial charge in [-0.3, -0.25) is 4.90 Å². The lowest BCUT2D eigenvalue weighted by atomic mass is 9.86. The Morgan fingerprint density at radius 3 is 2.50 bits per heavy atom. The first-order valence-corrected chi connectivity index (χ1v) is 7.92. The van der Waals surface area contributed by atoms with Crippen LogP contribution < -0.4 is 5.32 Å². The lowest BCUT2D eigenvalue weighted by molar-refractivity contribution is 0.161. The fourth-order valence-corrected chi connectivity index (χ4v) is 2.76. The summed E-state index contributed by atoms with van der Waals surface area (Å²) in [6.07, 6.45) is 6.79. The van der Waals surface area contributed by atoms with Gasteiger partial charge in [-0.1, -0.05) is 47.0 Å². The fourth-order valence-electron chi connectivity index (χ4n) is 2.76. The molecule has 2 nitrogen and oxygen atoms in total. The van der Waals surface area contributed by atoms with Gasteiger partial charge in [0.05, 0.1) is 0 Å². The molecule has 1 aliphatic rings. The second-order valence-corrected chi connectivity index (χ2v) is 7.07. The number of nitrogens with zero attached hydrogens (tertiary/aromatic N) is 1. The van der Waals surface area contributed by atoms with E-state index in [0.29, 0.717) is 11.5 Å². The quantitative estimate of drug-likeness (QED) is 0.753. The lowest BCUT2D eigenvalue weighted by Crippen LogP contribution is -2.47. The summed E-state index contributed by atoms with van der Waals surface area (Å²) >= 11 is 0. The van der Waals surface area contributed by atoms with Gasteiger partial charge in [-0.25, -0.2) is 0 Å². The molecular weight excluding hydrogens is 220 g/mol. The van der Waals surface area contributed by atoms with E-state index in [1.807, 2.05) is 0 Å². The van der Waals surface area contributed by atoms with Crippen LogP contribution in [0, 0.1) is 5.41 Å². The van der Waals surface area contributed by atoms with Gasteiger partial charge in [-0.05, 0) is 38.3 Å². The topological polar surface area (TPSA) is 15.3 Å². The van der Waals surface area contributed by atoms with Gasteiger partial charge in [0.25, 0.3) is 0 Å². The fraction of sp³-hybridized carbons (Fsp3) is 1.00. The minimum Gasteiger partial charge on any atom is -0.312 e. The second kappa shape index (κ2) is 7.49. The zero-order valence-corrected chi connectivity index (χ0v) is 13.3. The summed E-state index contributed by atoms with van der Waals surface area (Å²) in [5, 5.41) is 3.74. The number of rotatable bonds is 5. The SMILES string of the molecule is CCCCCCN1CC(C(C)(C)C)NCCC1C. The molecule has 1 saturated heterocycles. The number of hydrogen-bond acceptors (Lipinski definition) is 2. The average molecular weight is 254 g/mol. The minimum absolute atomic E-state index is 0.367. The lowest BCUT2D eigenvalue weighted by Gasteiger charge is -2.35. The van der Waals surface area contributed by atoms with Crippen molar-refractivity contribution in [3.05, 3.63) is 0 Å². The Labute approximate surface area is 115 Å². The molecule has 0 aromatic carbocycles. The first-order chi connectivity index (χ1) is 8.45. The highest BCUT2D eigenvalue weighted by Gasteiger charge is 2.30. The highest BCUT2D eigenvalue weighted by Crippen LogP contribution is 2.23. The van der Waals surface area contributed by atoms with E-state index in [-0.39, 0.29) is 0 Å². The van der Waals surface area contributed by atoms with Gasteiger partial charge < -0.3 is 5.32 Å². The standard InChI is InChI=1S/C16H34N2/c1-6-7-8-9-12-18-13-15(16(3,4)5)17-11-10-14(18)2/h14-15,17H,6-13H2,1-5H3.